The molecule has 18 heavy (non-hydrogen) atoms. The predicted octanol–water partition coefficient (Wildman–Crippen LogP) is 2.33. The quantitative estimate of drug-likeness (QED) is 0.799. The van der Waals surface area contributed by atoms with Crippen LogP contribution < -0.4 is 0 Å². The Morgan fingerprint density at radius 1 is 1.33 bits per heavy atom. The number of carbonyl (C=O) groups is 1. The van der Waals surface area contributed by atoms with E-state index in [9.17, 15) is 4.79 Å². The van der Waals surface area contributed by atoms with Gasteiger partial charge in [-0.2, -0.15) is 0 Å². The van der Waals surface area contributed by atoms with E-state index in [-0.39, 0.29) is 11.3 Å². The summed E-state index contributed by atoms with van der Waals surface area (Å²) in [6.45, 7) is 2.37. The van der Waals surface area contributed by atoms with E-state index in [1.54, 1.807) is 42.5 Å². The summed E-state index contributed by atoms with van der Waals surface area (Å²) in [5, 5.41) is -0.0702. The third kappa shape index (κ3) is 2.76. The van der Waals surface area contributed by atoms with E-state index >= 15 is 0 Å². The van der Waals surface area contributed by atoms with Gasteiger partial charge in [0.25, 0.3) is 5.91 Å². The lowest BCUT2D eigenvalue weighted by atomic mass is 10.1. The number of halogens is 1. The summed E-state index contributed by atoms with van der Waals surface area (Å²) in [4.78, 5) is 22.1. The summed E-state index contributed by atoms with van der Waals surface area (Å²) in [7, 11) is 1.74. The Morgan fingerprint density at radius 2 is 2.00 bits per heavy atom. The van der Waals surface area contributed by atoms with E-state index in [1.807, 2.05) is 6.92 Å². The maximum absolute atomic E-state index is 12.1. The molecule has 4 nitrogen and oxygen atoms in total. The van der Waals surface area contributed by atoms with E-state index in [4.69, 9.17) is 11.6 Å². The first-order valence-electron chi connectivity index (χ1n) is 5.68. The Labute approximate surface area is 111 Å². The predicted molar refractivity (Wildman–Crippen MR) is 71.8 cm³/mol. The normalized spacial score (nSPS) is 12.4. The second-order valence-corrected chi connectivity index (χ2v) is 4.97. The van der Waals surface area contributed by atoms with Crippen LogP contribution in [0.25, 0.3) is 11.0 Å². The van der Waals surface area contributed by atoms with Crippen LogP contribution in [0, 0.1) is 0 Å². The fourth-order valence-electron chi connectivity index (χ4n) is 1.78. The number of amides is 1. The molecule has 1 heterocycles. The molecule has 5 heteroatoms. The van der Waals surface area contributed by atoms with Crippen LogP contribution in [0.4, 0.5) is 0 Å². The fraction of sp³-hybridized carbons (Fsp3) is 0.308. The number of aromatic nitrogens is 2. The van der Waals surface area contributed by atoms with Crippen molar-refractivity contribution in [2.75, 3.05) is 13.6 Å². The van der Waals surface area contributed by atoms with Gasteiger partial charge in [-0.25, -0.2) is 0 Å². The van der Waals surface area contributed by atoms with Gasteiger partial charge in [0.15, 0.2) is 0 Å². The van der Waals surface area contributed by atoms with Crippen LogP contribution in [0.15, 0.2) is 30.6 Å². The molecule has 0 aliphatic heterocycles. The molecule has 0 bridgehead atoms. The first kappa shape index (κ1) is 12.8. The minimum absolute atomic E-state index is 0.0601. The summed E-state index contributed by atoms with van der Waals surface area (Å²) < 4.78 is 0. The third-order valence-corrected chi connectivity index (χ3v) is 2.73. The maximum Gasteiger partial charge on any atom is 0.253 e. The highest BCUT2D eigenvalue weighted by Gasteiger charge is 2.14. The van der Waals surface area contributed by atoms with Gasteiger partial charge in [-0.1, -0.05) is 0 Å². The van der Waals surface area contributed by atoms with Crippen LogP contribution in [0.1, 0.15) is 17.3 Å². The Morgan fingerprint density at radius 3 is 2.67 bits per heavy atom. The molecule has 0 N–H and O–H groups in total. The molecule has 0 saturated heterocycles. The minimum Gasteiger partial charge on any atom is -0.340 e. The lowest BCUT2D eigenvalue weighted by Crippen LogP contribution is -2.31. The number of rotatable bonds is 3. The lowest BCUT2D eigenvalue weighted by molar-refractivity contribution is 0.0796. The number of benzene rings is 1. The Balaban J connectivity index is 2.28. The monoisotopic (exact) mass is 263 g/mol. The van der Waals surface area contributed by atoms with Gasteiger partial charge in [-0.3, -0.25) is 14.8 Å². The average molecular weight is 264 g/mol. The van der Waals surface area contributed by atoms with Gasteiger partial charge in [0.1, 0.15) is 0 Å². The topological polar surface area (TPSA) is 46.1 Å². The van der Waals surface area contributed by atoms with E-state index in [1.165, 1.54) is 0 Å². The highest BCUT2D eigenvalue weighted by Crippen LogP contribution is 2.13. The number of nitrogens with zero attached hydrogens (tertiary/aromatic N) is 3. The molecule has 0 aliphatic carbocycles. The molecule has 1 unspecified atom stereocenters. The number of carbonyl (C=O) groups excluding carboxylic acids is 1. The smallest absolute Gasteiger partial charge is 0.253 e. The molecule has 2 rings (SSSR count). The highest BCUT2D eigenvalue weighted by molar-refractivity contribution is 6.20. The second-order valence-electron chi connectivity index (χ2n) is 4.23. The maximum atomic E-state index is 12.1. The van der Waals surface area contributed by atoms with Crippen molar-refractivity contribution in [1.29, 1.82) is 0 Å². The van der Waals surface area contributed by atoms with Gasteiger partial charge in [0, 0.05) is 36.9 Å². The molecule has 0 aliphatic rings. The van der Waals surface area contributed by atoms with E-state index in [2.05, 4.69) is 9.97 Å². The first-order chi connectivity index (χ1) is 8.58. The van der Waals surface area contributed by atoms with Gasteiger partial charge in [-0.05, 0) is 25.1 Å². The molecule has 1 amide bonds. The van der Waals surface area contributed by atoms with Gasteiger partial charge in [0.2, 0.25) is 0 Å². The van der Waals surface area contributed by atoms with Crippen molar-refractivity contribution in [2.24, 2.45) is 0 Å². The van der Waals surface area contributed by atoms with E-state index in [0.717, 1.165) is 11.0 Å². The van der Waals surface area contributed by atoms with Crippen LogP contribution in [-0.2, 0) is 0 Å². The molecule has 0 saturated carbocycles. The summed E-state index contributed by atoms with van der Waals surface area (Å²) in [5.74, 6) is -0.0601. The van der Waals surface area contributed by atoms with Gasteiger partial charge < -0.3 is 4.90 Å². The van der Waals surface area contributed by atoms with Crippen molar-refractivity contribution in [2.45, 2.75) is 12.3 Å². The van der Waals surface area contributed by atoms with E-state index in [0.29, 0.717) is 12.1 Å². The summed E-state index contributed by atoms with van der Waals surface area (Å²) in [5.41, 5.74) is 2.10. The SMILES string of the molecule is CC(Cl)CN(C)C(=O)c1ccc2nccnc2c1. The molecule has 1 atom stereocenters. The molecule has 0 fully saturated rings. The van der Waals surface area contributed by atoms with Crippen molar-refractivity contribution >= 4 is 28.5 Å². The Bertz CT molecular complexity index is 571. The molecular formula is C13H14ClN3O. The Kier molecular flexibility index (Phi) is 3.77. The number of alkyl halides is 1. The van der Waals surface area contributed by atoms with Gasteiger partial charge in [-0.15, -0.1) is 11.6 Å². The van der Waals surface area contributed by atoms with Crippen LogP contribution in [-0.4, -0.2) is 39.7 Å². The molecule has 1 aromatic heterocycles. The Hall–Kier alpha value is -1.68. The summed E-state index contributed by atoms with van der Waals surface area (Å²) in [6, 6.07) is 5.31. The van der Waals surface area contributed by atoms with Crippen LogP contribution in [0.3, 0.4) is 0 Å². The van der Waals surface area contributed by atoms with E-state index < -0.39 is 0 Å². The zero-order chi connectivity index (χ0) is 13.1. The van der Waals surface area contributed by atoms with Gasteiger partial charge >= 0.3 is 0 Å². The first-order valence-corrected chi connectivity index (χ1v) is 6.12. The molecule has 2 aromatic rings. The van der Waals surface area contributed by atoms with Crippen molar-refractivity contribution in [3.8, 4) is 0 Å². The van der Waals surface area contributed by atoms with Crippen LogP contribution >= 0.6 is 11.6 Å². The fourth-order valence-corrected chi connectivity index (χ4v) is 1.98. The molecular weight excluding hydrogens is 250 g/mol. The second kappa shape index (κ2) is 5.31. The third-order valence-electron chi connectivity index (χ3n) is 2.59. The molecule has 0 radical (unpaired) electrons. The van der Waals surface area contributed by atoms with Crippen molar-refractivity contribution in [3.63, 3.8) is 0 Å². The summed E-state index contributed by atoms with van der Waals surface area (Å²) >= 11 is 5.88. The van der Waals surface area contributed by atoms with Crippen molar-refractivity contribution in [3.05, 3.63) is 36.2 Å². The zero-order valence-corrected chi connectivity index (χ0v) is 11.1. The largest absolute Gasteiger partial charge is 0.340 e. The number of fused-ring (bicyclic) bond motifs is 1. The lowest BCUT2D eigenvalue weighted by Gasteiger charge is -2.18. The summed E-state index contributed by atoms with van der Waals surface area (Å²) in [6.07, 6.45) is 3.24. The van der Waals surface area contributed by atoms with Crippen molar-refractivity contribution in [1.82, 2.24) is 14.9 Å². The van der Waals surface area contributed by atoms with Crippen LogP contribution in [0.2, 0.25) is 0 Å². The van der Waals surface area contributed by atoms with Crippen LogP contribution in [0.5, 0.6) is 0 Å². The highest BCUT2D eigenvalue weighted by atomic mass is 35.5. The average Bonchev–Trinajstić information content (AvgIpc) is 2.36. The standard InChI is InChI=1S/C13H14ClN3O/c1-9(14)8-17(2)13(18)10-3-4-11-12(7-10)16-6-5-15-11/h3-7,9H,8H2,1-2H3. The van der Waals surface area contributed by atoms with Crippen molar-refractivity contribution < 1.29 is 4.79 Å². The molecule has 0 spiro atoms. The minimum atomic E-state index is -0.0702. The number of hydrogen-bond acceptors (Lipinski definition) is 3. The van der Waals surface area contributed by atoms with Gasteiger partial charge in [0.05, 0.1) is 11.0 Å². The number of hydrogen-bond donors (Lipinski definition) is 0. The molecule has 1 aromatic carbocycles. The molecule has 94 valence electrons. The zero-order valence-electron chi connectivity index (χ0n) is 10.3.